The molecule has 0 saturated carbocycles. The van der Waals surface area contributed by atoms with Crippen LogP contribution in [0.25, 0.3) is 0 Å². The molecule has 0 unspecified atom stereocenters. The second-order valence-corrected chi connectivity index (χ2v) is 5.36. The maximum Gasteiger partial charge on any atom is 0.396 e. The van der Waals surface area contributed by atoms with Crippen molar-refractivity contribution in [2.75, 3.05) is 6.61 Å². The van der Waals surface area contributed by atoms with Crippen LogP contribution in [0, 0.1) is 11.3 Å². The maximum atomic E-state index is 11.4. The first-order valence-electron chi connectivity index (χ1n) is 5.52. The lowest BCUT2D eigenvalue weighted by atomic mass is 10.2. The molecule has 0 N–H and O–H groups in total. The van der Waals surface area contributed by atoms with E-state index in [4.69, 9.17) is 14.4 Å². The summed E-state index contributed by atoms with van der Waals surface area (Å²) in [5, 5.41) is 16.6. The van der Waals surface area contributed by atoms with Crippen LogP contribution in [0.3, 0.4) is 0 Å². The Morgan fingerprint density at radius 1 is 1.55 bits per heavy atom. The van der Waals surface area contributed by atoms with Gasteiger partial charge in [-0.1, -0.05) is 21.0 Å². The molecule has 6 nitrogen and oxygen atoms in total. The molecule has 1 aromatic heterocycles. The van der Waals surface area contributed by atoms with Crippen molar-refractivity contribution in [3.05, 3.63) is 34.1 Å². The number of nitriles is 1. The van der Waals surface area contributed by atoms with E-state index in [1.54, 1.807) is 25.1 Å². The van der Waals surface area contributed by atoms with Crippen LogP contribution in [0.15, 0.2) is 37.2 Å². The quantitative estimate of drug-likeness (QED) is 0.780. The topological polar surface area (TPSA) is 89.0 Å². The highest BCUT2D eigenvalue weighted by Crippen LogP contribution is 2.30. The van der Waals surface area contributed by atoms with E-state index in [-0.39, 0.29) is 17.7 Å². The van der Waals surface area contributed by atoms with Crippen LogP contribution in [0.2, 0.25) is 0 Å². The third kappa shape index (κ3) is 3.37. The minimum Gasteiger partial charge on any atom is -0.459 e. The second kappa shape index (κ2) is 6.54. The van der Waals surface area contributed by atoms with Crippen molar-refractivity contribution < 1.29 is 13.9 Å². The standard InChI is InChI=1S/C12H8BrN3O3S/c1-2-18-11(17)10-15-16-12(19-10)20-9-4-3-8(13)5-7(9)6-14/h3-5H,2H2,1H3. The molecule has 0 saturated heterocycles. The highest BCUT2D eigenvalue weighted by Gasteiger charge is 2.17. The highest BCUT2D eigenvalue weighted by molar-refractivity contribution is 9.10. The van der Waals surface area contributed by atoms with Crippen LogP contribution in [0.5, 0.6) is 0 Å². The van der Waals surface area contributed by atoms with Gasteiger partial charge in [0.1, 0.15) is 6.07 Å². The van der Waals surface area contributed by atoms with Crippen molar-refractivity contribution in [2.45, 2.75) is 17.0 Å². The number of aromatic nitrogens is 2. The van der Waals surface area contributed by atoms with Gasteiger partial charge in [0.25, 0.3) is 5.22 Å². The summed E-state index contributed by atoms with van der Waals surface area (Å²) in [7, 11) is 0. The van der Waals surface area contributed by atoms with E-state index in [0.29, 0.717) is 10.5 Å². The molecule has 20 heavy (non-hydrogen) atoms. The van der Waals surface area contributed by atoms with Gasteiger partial charge in [0.05, 0.1) is 12.2 Å². The number of rotatable bonds is 4. The van der Waals surface area contributed by atoms with Crippen LogP contribution >= 0.6 is 27.7 Å². The average molecular weight is 354 g/mol. The van der Waals surface area contributed by atoms with Crippen molar-refractivity contribution in [1.29, 1.82) is 5.26 Å². The molecule has 1 heterocycles. The van der Waals surface area contributed by atoms with Gasteiger partial charge in [-0.15, -0.1) is 5.10 Å². The third-order valence-corrected chi connectivity index (χ3v) is 3.52. The zero-order chi connectivity index (χ0) is 14.5. The van der Waals surface area contributed by atoms with E-state index < -0.39 is 5.97 Å². The number of nitrogens with zero attached hydrogens (tertiary/aromatic N) is 3. The molecule has 0 aliphatic heterocycles. The van der Waals surface area contributed by atoms with Gasteiger partial charge in [-0.25, -0.2) is 4.79 Å². The molecule has 2 rings (SSSR count). The molecule has 0 amide bonds. The van der Waals surface area contributed by atoms with Crippen LogP contribution < -0.4 is 0 Å². The summed E-state index contributed by atoms with van der Waals surface area (Å²) in [4.78, 5) is 12.1. The fourth-order valence-electron chi connectivity index (χ4n) is 1.30. The Morgan fingerprint density at radius 2 is 2.35 bits per heavy atom. The van der Waals surface area contributed by atoms with Gasteiger partial charge in [0, 0.05) is 9.37 Å². The molecule has 0 fully saturated rings. The second-order valence-electron chi connectivity index (χ2n) is 3.45. The maximum absolute atomic E-state index is 11.4. The Bertz CT molecular complexity index is 681. The molecule has 0 spiro atoms. The summed E-state index contributed by atoms with van der Waals surface area (Å²) in [5.41, 5.74) is 0.472. The van der Waals surface area contributed by atoms with Gasteiger partial charge in [-0.05, 0) is 36.9 Å². The number of carbonyl (C=O) groups excluding carboxylic acids is 1. The molecular weight excluding hydrogens is 346 g/mol. The first-order chi connectivity index (χ1) is 9.63. The Balaban J connectivity index is 2.19. The predicted molar refractivity (Wildman–Crippen MR) is 73.2 cm³/mol. The number of hydrogen-bond acceptors (Lipinski definition) is 7. The zero-order valence-corrected chi connectivity index (χ0v) is 12.7. The monoisotopic (exact) mass is 353 g/mol. The number of halogens is 1. The Kier molecular flexibility index (Phi) is 4.76. The molecule has 0 atom stereocenters. The van der Waals surface area contributed by atoms with Gasteiger partial charge in [-0.2, -0.15) is 5.26 Å². The third-order valence-electron chi connectivity index (χ3n) is 2.12. The molecular formula is C12H8BrN3O3S. The highest BCUT2D eigenvalue weighted by atomic mass is 79.9. The number of benzene rings is 1. The van der Waals surface area contributed by atoms with Crippen molar-refractivity contribution in [3.8, 4) is 6.07 Å². The average Bonchev–Trinajstić information content (AvgIpc) is 2.89. The van der Waals surface area contributed by atoms with E-state index in [9.17, 15) is 4.79 Å². The van der Waals surface area contributed by atoms with Crippen LogP contribution in [0.1, 0.15) is 23.2 Å². The molecule has 0 radical (unpaired) electrons. The van der Waals surface area contributed by atoms with Crippen LogP contribution in [-0.2, 0) is 4.74 Å². The molecule has 0 aliphatic carbocycles. The molecule has 0 aliphatic rings. The van der Waals surface area contributed by atoms with Crippen LogP contribution in [-0.4, -0.2) is 22.8 Å². The van der Waals surface area contributed by atoms with E-state index in [2.05, 4.69) is 32.2 Å². The predicted octanol–water partition coefficient (Wildman–Crippen LogP) is 3.03. The lowest BCUT2D eigenvalue weighted by Crippen LogP contribution is -2.04. The lowest BCUT2D eigenvalue weighted by molar-refractivity contribution is 0.0475. The van der Waals surface area contributed by atoms with E-state index in [1.807, 2.05) is 0 Å². The summed E-state index contributed by atoms with van der Waals surface area (Å²) in [5.74, 6) is -0.867. The normalized spacial score (nSPS) is 10.1. The molecule has 2 aromatic rings. The molecule has 102 valence electrons. The van der Waals surface area contributed by atoms with Gasteiger partial charge in [0.2, 0.25) is 0 Å². The largest absolute Gasteiger partial charge is 0.459 e. The molecule has 1 aromatic carbocycles. The van der Waals surface area contributed by atoms with Crippen molar-refractivity contribution >= 4 is 33.7 Å². The summed E-state index contributed by atoms with van der Waals surface area (Å²) >= 11 is 4.40. The first-order valence-corrected chi connectivity index (χ1v) is 7.13. The molecule has 8 heteroatoms. The summed E-state index contributed by atoms with van der Waals surface area (Å²) in [6, 6.07) is 7.31. The van der Waals surface area contributed by atoms with Crippen molar-refractivity contribution in [1.82, 2.24) is 10.2 Å². The van der Waals surface area contributed by atoms with Crippen LogP contribution in [0.4, 0.5) is 0 Å². The Labute approximate surface area is 127 Å². The van der Waals surface area contributed by atoms with E-state index in [1.165, 1.54) is 0 Å². The summed E-state index contributed by atoms with van der Waals surface area (Å²) in [6.07, 6.45) is 0. The summed E-state index contributed by atoms with van der Waals surface area (Å²) in [6.45, 7) is 1.92. The van der Waals surface area contributed by atoms with Crippen molar-refractivity contribution in [3.63, 3.8) is 0 Å². The first kappa shape index (κ1) is 14.6. The molecule has 0 bridgehead atoms. The smallest absolute Gasteiger partial charge is 0.396 e. The van der Waals surface area contributed by atoms with Crippen molar-refractivity contribution in [2.24, 2.45) is 0 Å². The number of hydrogen-bond donors (Lipinski definition) is 0. The van der Waals surface area contributed by atoms with Gasteiger partial charge in [-0.3, -0.25) is 0 Å². The fourth-order valence-corrected chi connectivity index (χ4v) is 2.40. The Hall–Kier alpha value is -1.85. The minimum atomic E-state index is -0.664. The minimum absolute atomic E-state index is 0.173. The van der Waals surface area contributed by atoms with E-state index in [0.717, 1.165) is 16.2 Å². The van der Waals surface area contributed by atoms with Gasteiger partial charge >= 0.3 is 11.9 Å². The summed E-state index contributed by atoms with van der Waals surface area (Å²) < 4.78 is 10.7. The fraction of sp³-hybridized carbons (Fsp3) is 0.167. The number of esters is 1. The SMILES string of the molecule is CCOC(=O)c1nnc(Sc2ccc(Br)cc2C#N)o1. The zero-order valence-electron chi connectivity index (χ0n) is 10.3. The van der Waals surface area contributed by atoms with Gasteiger partial charge < -0.3 is 9.15 Å². The lowest BCUT2D eigenvalue weighted by Gasteiger charge is -2.00. The Morgan fingerprint density at radius 3 is 3.05 bits per heavy atom. The number of carbonyl (C=O) groups is 1. The van der Waals surface area contributed by atoms with Gasteiger partial charge in [0.15, 0.2) is 0 Å². The number of ether oxygens (including phenoxy) is 1. The van der Waals surface area contributed by atoms with E-state index >= 15 is 0 Å².